The van der Waals surface area contributed by atoms with E-state index in [1.165, 1.54) is 0 Å². The number of rotatable bonds is 7. The Morgan fingerprint density at radius 1 is 1.30 bits per heavy atom. The van der Waals surface area contributed by atoms with E-state index in [4.69, 9.17) is 11.6 Å². The Morgan fingerprint density at radius 2 is 2.00 bits per heavy atom. The smallest absolute Gasteiger partial charge is 0.221 e. The van der Waals surface area contributed by atoms with E-state index in [1.807, 2.05) is 27.7 Å². The first-order valence-corrected chi connectivity index (χ1v) is 7.38. The number of carbonyl (C=O) groups is 1. The van der Waals surface area contributed by atoms with Crippen molar-refractivity contribution in [3.63, 3.8) is 0 Å². The third-order valence-electron chi connectivity index (χ3n) is 2.84. The average Bonchev–Trinajstić information content (AvgIpc) is 2.40. The predicted molar refractivity (Wildman–Crippen MR) is 82.3 cm³/mol. The van der Waals surface area contributed by atoms with E-state index in [1.54, 1.807) is 0 Å². The molecule has 0 saturated heterocycles. The van der Waals surface area contributed by atoms with Crippen molar-refractivity contribution in [1.29, 1.82) is 0 Å². The Bertz CT molecular complexity index is 463. The van der Waals surface area contributed by atoms with Crippen molar-refractivity contribution in [3.05, 3.63) is 16.5 Å². The van der Waals surface area contributed by atoms with Crippen LogP contribution in [0.1, 0.15) is 50.9 Å². The number of anilines is 1. The minimum absolute atomic E-state index is 0.0428. The summed E-state index contributed by atoms with van der Waals surface area (Å²) in [5.74, 6) is 1.67. The Morgan fingerprint density at radius 3 is 2.60 bits per heavy atom. The number of amides is 1. The first kappa shape index (κ1) is 16.7. The Labute approximate surface area is 125 Å². The van der Waals surface area contributed by atoms with Gasteiger partial charge in [0.2, 0.25) is 5.91 Å². The van der Waals surface area contributed by atoms with E-state index in [-0.39, 0.29) is 11.8 Å². The van der Waals surface area contributed by atoms with E-state index < -0.39 is 0 Å². The zero-order valence-electron chi connectivity index (χ0n) is 12.6. The summed E-state index contributed by atoms with van der Waals surface area (Å²) in [6, 6.07) is 0. The van der Waals surface area contributed by atoms with Crippen LogP contribution in [0, 0.1) is 6.92 Å². The van der Waals surface area contributed by atoms with Crippen molar-refractivity contribution in [2.24, 2.45) is 0 Å². The van der Waals surface area contributed by atoms with Crippen LogP contribution >= 0.6 is 11.6 Å². The largest absolute Gasteiger partial charge is 0.369 e. The zero-order chi connectivity index (χ0) is 15.1. The fraction of sp³-hybridized carbons (Fsp3) is 0.643. The maximum absolute atomic E-state index is 11.5. The number of halogens is 1. The Kier molecular flexibility index (Phi) is 6.71. The van der Waals surface area contributed by atoms with Crippen molar-refractivity contribution in [2.45, 2.75) is 46.5 Å². The summed E-state index contributed by atoms with van der Waals surface area (Å²) in [4.78, 5) is 20.2. The van der Waals surface area contributed by atoms with Crippen LogP contribution in [-0.4, -0.2) is 29.0 Å². The van der Waals surface area contributed by atoms with Crippen LogP contribution in [0.2, 0.25) is 5.15 Å². The summed E-state index contributed by atoms with van der Waals surface area (Å²) >= 11 is 6.10. The molecule has 0 aliphatic rings. The van der Waals surface area contributed by atoms with Gasteiger partial charge in [0, 0.05) is 31.0 Å². The van der Waals surface area contributed by atoms with E-state index >= 15 is 0 Å². The fourth-order valence-corrected chi connectivity index (χ4v) is 1.76. The Hall–Kier alpha value is -1.36. The van der Waals surface area contributed by atoms with Gasteiger partial charge in [-0.05, 0) is 13.3 Å². The van der Waals surface area contributed by atoms with E-state index in [9.17, 15) is 4.79 Å². The third kappa shape index (κ3) is 4.96. The molecule has 0 aliphatic heterocycles. The fourth-order valence-electron chi connectivity index (χ4n) is 1.58. The Balaban J connectivity index is 2.61. The minimum atomic E-state index is 0.0428. The molecule has 0 atom stereocenters. The van der Waals surface area contributed by atoms with Crippen molar-refractivity contribution in [1.82, 2.24) is 15.3 Å². The first-order chi connectivity index (χ1) is 9.45. The number of hydrogen-bond donors (Lipinski definition) is 2. The highest BCUT2D eigenvalue weighted by atomic mass is 35.5. The van der Waals surface area contributed by atoms with Gasteiger partial charge in [-0.2, -0.15) is 0 Å². The second-order valence-electron chi connectivity index (χ2n) is 5.03. The SMILES string of the molecule is CCCNC(=O)CCNc1nc(C(C)C)nc(Cl)c1C. The van der Waals surface area contributed by atoms with Crippen LogP contribution in [0.3, 0.4) is 0 Å². The summed E-state index contributed by atoms with van der Waals surface area (Å²) in [6.07, 6.45) is 1.36. The number of nitrogens with zero attached hydrogens (tertiary/aromatic N) is 2. The van der Waals surface area contributed by atoms with Gasteiger partial charge in [-0.1, -0.05) is 32.4 Å². The van der Waals surface area contributed by atoms with Crippen LogP contribution < -0.4 is 10.6 Å². The lowest BCUT2D eigenvalue weighted by molar-refractivity contribution is -0.120. The molecule has 0 radical (unpaired) electrons. The molecule has 20 heavy (non-hydrogen) atoms. The second-order valence-corrected chi connectivity index (χ2v) is 5.39. The highest BCUT2D eigenvalue weighted by molar-refractivity contribution is 6.30. The molecule has 2 N–H and O–H groups in total. The highest BCUT2D eigenvalue weighted by Crippen LogP contribution is 2.22. The van der Waals surface area contributed by atoms with Crippen LogP contribution in [0.4, 0.5) is 5.82 Å². The second kappa shape index (κ2) is 8.04. The summed E-state index contributed by atoms with van der Waals surface area (Å²) in [6.45, 7) is 9.17. The molecule has 0 aromatic carbocycles. The summed E-state index contributed by atoms with van der Waals surface area (Å²) in [7, 11) is 0. The van der Waals surface area contributed by atoms with Crippen LogP contribution in [0.25, 0.3) is 0 Å². The highest BCUT2D eigenvalue weighted by Gasteiger charge is 2.11. The molecule has 0 aliphatic carbocycles. The molecule has 6 heteroatoms. The lowest BCUT2D eigenvalue weighted by atomic mass is 10.2. The monoisotopic (exact) mass is 298 g/mol. The summed E-state index contributed by atoms with van der Waals surface area (Å²) < 4.78 is 0. The van der Waals surface area contributed by atoms with Crippen molar-refractivity contribution >= 4 is 23.3 Å². The lowest BCUT2D eigenvalue weighted by Crippen LogP contribution is -2.26. The maximum atomic E-state index is 11.5. The predicted octanol–water partition coefficient (Wildman–Crippen LogP) is 2.89. The number of carbonyl (C=O) groups excluding carboxylic acids is 1. The molecule has 0 spiro atoms. The summed E-state index contributed by atoms with van der Waals surface area (Å²) in [5.41, 5.74) is 0.810. The van der Waals surface area contributed by atoms with E-state index in [0.717, 1.165) is 12.0 Å². The number of hydrogen-bond acceptors (Lipinski definition) is 4. The average molecular weight is 299 g/mol. The number of aromatic nitrogens is 2. The van der Waals surface area contributed by atoms with Gasteiger partial charge in [0.05, 0.1) is 0 Å². The quantitative estimate of drug-likeness (QED) is 0.760. The van der Waals surface area contributed by atoms with Crippen LogP contribution in [0.15, 0.2) is 0 Å². The molecule has 0 unspecified atom stereocenters. The van der Waals surface area contributed by atoms with Crippen LogP contribution in [-0.2, 0) is 4.79 Å². The van der Waals surface area contributed by atoms with Gasteiger partial charge in [0.1, 0.15) is 16.8 Å². The molecule has 1 amide bonds. The molecule has 5 nitrogen and oxygen atoms in total. The molecule has 1 aromatic rings. The summed E-state index contributed by atoms with van der Waals surface area (Å²) in [5, 5.41) is 6.46. The van der Waals surface area contributed by atoms with E-state index in [0.29, 0.717) is 36.3 Å². The third-order valence-corrected chi connectivity index (χ3v) is 3.20. The topological polar surface area (TPSA) is 66.9 Å². The molecule has 112 valence electrons. The van der Waals surface area contributed by atoms with Gasteiger partial charge in [0.15, 0.2) is 0 Å². The lowest BCUT2D eigenvalue weighted by Gasteiger charge is -2.12. The molecule has 0 fully saturated rings. The van der Waals surface area contributed by atoms with Gasteiger partial charge in [-0.3, -0.25) is 4.79 Å². The zero-order valence-corrected chi connectivity index (χ0v) is 13.3. The van der Waals surface area contributed by atoms with Crippen molar-refractivity contribution < 1.29 is 4.79 Å². The maximum Gasteiger partial charge on any atom is 0.221 e. The minimum Gasteiger partial charge on any atom is -0.369 e. The molecule has 1 aromatic heterocycles. The van der Waals surface area contributed by atoms with Gasteiger partial charge < -0.3 is 10.6 Å². The molecule has 1 heterocycles. The van der Waals surface area contributed by atoms with E-state index in [2.05, 4.69) is 20.6 Å². The van der Waals surface area contributed by atoms with Gasteiger partial charge >= 0.3 is 0 Å². The molecule has 0 bridgehead atoms. The van der Waals surface area contributed by atoms with Gasteiger partial charge in [-0.15, -0.1) is 0 Å². The number of nitrogens with one attached hydrogen (secondary N) is 2. The van der Waals surface area contributed by atoms with Crippen molar-refractivity contribution in [2.75, 3.05) is 18.4 Å². The standard InChI is InChI=1S/C14H23ClN4O/c1-5-7-16-11(20)6-8-17-14-10(4)12(15)18-13(19-14)9(2)3/h9H,5-8H2,1-4H3,(H,16,20)(H,17,18,19). The first-order valence-electron chi connectivity index (χ1n) is 7.00. The molecular weight excluding hydrogens is 276 g/mol. The molecule has 1 rings (SSSR count). The van der Waals surface area contributed by atoms with Gasteiger partial charge in [0.25, 0.3) is 0 Å². The van der Waals surface area contributed by atoms with Gasteiger partial charge in [-0.25, -0.2) is 9.97 Å². The van der Waals surface area contributed by atoms with Crippen molar-refractivity contribution in [3.8, 4) is 0 Å². The molecule has 0 saturated carbocycles. The van der Waals surface area contributed by atoms with Crippen LogP contribution in [0.5, 0.6) is 0 Å². The normalized spacial score (nSPS) is 10.7. The molecular formula is C14H23ClN4O.